The first kappa shape index (κ1) is 21.1. The van der Waals surface area contributed by atoms with Gasteiger partial charge in [-0.15, -0.1) is 0 Å². The van der Waals surface area contributed by atoms with Crippen LogP contribution in [0.15, 0.2) is 48.5 Å². The van der Waals surface area contributed by atoms with Crippen LogP contribution in [0.4, 0.5) is 10.1 Å². The van der Waals surface area contributed by atoms with Crippen LogP contribution in [0.1, 0.15) is 15.9 Å². The number of benzene rings is 2. The fourth-order valence-corrected chi connectivity index (χ4v) is 3.42. The van der Waals surface area contributed by atoms with Crippen LogP contribution < -0.4 is 5.32 Å². The van der Waals surface area contributed by atoms with Gasteiger partial charge in [-0.3, -0.25) is 9.59 Å². The highest BCUT2D eigenvalue weighted by Gasteiger charge is 2.16. The van der Waals surface area contributed by atoms with Crippen molar-refractivity contribution in [3.05, 3.63) is 65.5 Å². The second-order valence-corrected chi connectivity index (χ2v) is 8.17. The molecule has 0 aliphatic heterocycles. The molecule has 2 rings (SSSR count). The Kier molecular flexibility index (Phi) is 6.84. The summed E-state index contributed by atoms with van der Waals surface area (Å²) in [6, 6.07) is 12.9. The highest BCUT2D eigenvalue weighted by atomic mass is 32.2. The van der Waals surface area contributed by atoms with Gasteiger partial charge in [0.1, 0.15) is 11.6 Å². The molecular weight excluding hydrogens is 385 g/mol. The average Bonchev–Trinajstić information content (AvgIpc) is 2.61. The third kappa shape index (κ3) is 6.17. The molecule has 0 bridgehead atoms. The number of hydrogen-bond donors (Lipinski definition) is 1. The van der Waals surface area contributed by atoms with Gasteiger partial charge in [-0.2, -0.15) is 5.26 Å². The molecule has 1 N–H and O–H groups in total. The van der Waals surface area contributed by atoms with Crippen molar-refractivity contribution in [3.63, 3.8) is 0 Å². The largest absolute Gasteiger partial charge is 0.332 e. The quantitative estimate of drug-likeness (QED) is 0.761. The standard InChI is InChI=1S/C19H18FN3O4S/c1-23(12-18(24)22-17-4-2-3-16(20)11-17)19(25)15-7-5-14(6-8-15)13-28(26,27)10-9-21/h2-8,11H,10,12-13H2,1H3,(H,22,24). The molecule has 0 atom stereocenters. The van der Waals surface area contributed by atoms with E-state index in [2.05, 4.69) is 5.32 Å². The smallest absolute Gasteiger partial charge is 0.254 e. The maximum Gasteiger partial charge on any atom is 0.254 e. The van der Waals surface area contributed by atoms with Crippen molar-refractivity contribution in [2.45, 2.75) is 5.75 Å². The summed E-state index contributed by atoms with van der Waals surface area (Å²) in [5.74, 6) is -2.27. The number of nitrogens with one attached hydrogen (secondary N) is 1. The van der Waals surface area contributed by atoms with Crippen LogP contribution in [0.3, 0.4) is 0 Å². The van der Waals surface area contributed by atoms with E-state index in [-0.39, 0.29) is 23.5 Å². The maximum atomic E-state index is 13.1. The predicted octanol–water partition coefficient (Wildman–Crippen LogP) is 1.97. The number of sulfone groups is 1. The van der Waals surface area contributed by atoms with Gasteiger partial charge in [-0.25, -0.2) is 12.8 Å². The summed E-state index contributed by atoms with van der Waals surface area (Å²) in [5, 5.41) is 11.0. The first-order chi connectivity index (χ1) is 13.2. The van der Waals surface area contributed by atoms with Crippen LogP contribution in [-0.2, 0) is 20.4 Å². The molecule has 0 saturated carbocycles. The minimum absolute atomic E-state index is 0.242. The Morgan fingerprint density at radius 2 is 1.86 bits per heavy atom. The molecule has 0 aromatic heterocycles. The summed E-state index contributed by atoms with van der Waals surface area (Å²) in [7, 11) is -2.08. The molecule has 0 aliphatic rings. The Balaban J connectivity index is 1.97. The lowest BCUT2D eigenvalue weighted by atomic mass is 10.1. The van der Waals surface area contributed by atoms with E-state index >= 15 is 0 Å². The first-order valence-electron chi connectivity index (χ1n) is 8.17. The normalized spacial score (nSPS) is 10.8. The predicted molar refractivity (Wildman–Crippen MR) is 102 cm³/mol. The van der Waals surface area contributed by atoms with E-state index < -0.39 is 33.2 Å². The molecule has 146 valence electrons. The number of anilines is 1. The molecule has 0 saturated heterocycles. The SMILES string of the molecule is CN(CC(=O)Nc1cccc(F)c1)C(=O)c1ccc(CS(=O)(=O)CC#N)cc1. The van der Waals surface area contributed by atoms with Gasteiger partial charge in [0, 0.05) is 18.3 Å². The fraction of sp³-hybridized carbons (Fsp3) is 0.211. The summed E-state index contributed by atoms with van der Waals surface area (Å²) in [6.45, 7) is -0.242. The second-order valence-electron chi connectivity index (χ2n) is 6.11. The van der Waals surface area contributed by atoms with Crippen molar-refractivity contribution in [1.82, 2.24) is 4.90 Å². The summed E-state index contributed by atoms with van der Waals surface area (Å²) in [6.07, 6.45) is 0. The molecule has 2 aromatic carbocycles. The van der Waals surface area contributed by atoms with Crippen molar-refractivity contribution in [1.29, 1.82) is 5.26 Å². The van der Waals surface area contributed by atoms with Gasteiger partial charge in [0.25, 0.3) is 5.91 Å². The zero-order chi connectivity index (χ0) is 20.7. The highest BCUT2D eigenvalue weighted by Crippen LogP contribution is 2.12. The zero-order valence-electron chi connectivity index (χ0n) is 15.1. The van der Waals surface area contributed by atoms with Crippen LogP contribution in [0.5, 0.6) is 0 Å². The first-order valence-corrected chi connectivity index (χ1v) is 9.99. The lowest BCUT2D eigenvalue weighted by Gasteiger charge is -2.17. The number of carbonyl (C=O) groups excluding carboxylic acids is 2. The molecule has 0 spiro atoms. The van der Waals surface area contributed by atoms with Crippen LogP contribution >= 0.6 is 0 Å². The number of nitriles is 1. The van der Waals surface area contributed by atoms with Gasteiger partial charge < -0.3 is 10.2 Å². The number of carbonyl (C=O) groups is 2. The van der Waals surface area contributed by atoms with E-state index in [0.717, 1.165) is 0 Å². The van der Waals surface area contributed by atoms with Gasteiger partial charge in [0.2, 0.25) is 5.91 Å². The van der Waals surface area contributed by atoms with Gasteiger partial charge in [0.15, 0.2) is 9.84 Å². The van der Waals surface area contributed by atoms with E-state index in [1.807, 2.05) is 0 Å². The van der Waals surface area contributed by atoms with Crippen LogP contribution in [0.25, 0.3) is 0 Å². The lowest BCUT2D eigenvalue weighted by molar-refractivity contribution is -0.116. The van der Waals surface area contributed by atoms with Crippen LogP contribution in [0, 0.1) is 17.1 Å². The highest BCUT2D eigenvalue weighted by molar-refractivity contribution is 7.90. The van der Waals surface area contributed by atoms with Gasteiger partial charge >= 0.3 is 0 Å². The second kappa shape index (κ2) is 9.10. The third-order valence-electron chi connectivity index (χ3n) is 3.71. The van der Waals surface area contributed by atoms with Gasteiger partial charge in [-0.1, -0.05) is 18.2 Å². The van der Waals surface area contributed by atoms with Crippen LogP contribution in [-0.4, -0.2) is 44.5 Å². The minimum atomic E-state index is -3.52. The third-order valence-corrected chi connectivity index (χ3v) is 5.05. The number of halogens is 1. The van der Waals surface area contributed by atoms with Crippen molar-refractivity contribution in [3.8, 4) is 6.07 Å². The number of nitrogens with zero attached hydrogens (tertiary/aromatic N) is 2. The lowest BCUT2D eigenvalue weighted by Crippen LogP contribution is -2.34. The van der Waals surface area contributed by atoms with Gasteiger partial charge in [-0.05, 0) is 35.9 Å². The van der Waals surface area contributed by atoms with Gasteiger partial charge in [0.05, 0.1) is 18.4 Å². The van der Waals surface area contributed by atoms with E-state index in [0.29, 0.717) is 5.56 Å². The fourth-order valence-electron chi connectivity index (χ4n) is 2.42. The number of amides is 2. The Morgan fingerprint density at radius 1 is 1.18 bits per heavy atom. The molecule has 0 fully saturated rings. The Labute approximate surface area is 162 Å². The summed E-state index contributed by atoms with van der Waals surface area (Å²) in [4.78, 5) is 25.6. The monoisotopic (exact) mass is 403 g/mol. The molecule has 2 amide bonds. The molecule has 0 radical (unpaired) electrons. The van der Waals surface area contributed by atoms with E-state index in [1.54, 1.807) is 6.07 Å². The molecule has 0 unspecified atom stereocenters. The average molecular weight is 403 g/mol. The Bertz CT molecular complexity index is 1010. The Morgan fingerprint density at radius 3 is 2.46 bits per heavy atom. The topological polar surface area (TPSA) is 107 Å². The molecule has 0 heterocycles. The summed E-state index contributed by atoms with van der Waals surface area (Å²) in [5.41, 5.74) is 1.02. The van der Waals surface area contributed by atoms with E-state index in [4.69, 9.17) is 5.26 Å². The van der Waals surface area contributed by atoms with Crippen molar-refractivity contribution >= 4 is 27.3 Å². The molecule has 9 heteroatoms. The molecule has 28 heavy (non-hydrogen) atoms. The number of likely N-dealkylation sites (N-methyl/N-ethyl adjacent to an activating group) is 1. The van der Waals surface area contributed by atoms with Crippen LogP contribution in [0.2, 0.25) is 0 Å². The van der Waals surface area contributed by atoms with Crippen molar-refractivity contribution < 1.29 is 22.4 Å². The number of rotatable bonds is 7. The van der Waals surface area contributed by atoms with Crippen molar-refractivity contribution in [2.24, 2.45) is 0 Å². The number of hydrogen-bond acceptors (Lipinski definition) is 5. The molecular formula is C19H18FN3O4S. The summed E-state index contributed by atoms with van der Waals surface area (Å²) >= 11 is 0. The summed E-state index contributed by atoms with van der Waals surface area (Å²) < 4.78 is 36.4. The van der Waals surface area contributed by atoms with E-state index in [1.165, 1.54) is 60.5 Å². The molecule has 2 aromatic rings. The van der Waals surface area contributed by atoms with Crippen molar-refractivity contribution in [2.75, 3.05) is 24.7 Å². The Hall–Kier alpha value is -3.25. The minimum Gasteiger partial charge on any atom is -0.332 e. The zero-order valence-corrected chi connectivity index (χ0v) is 15.9. The van der Waals surface area contributed by atoms with E-state index in [9.17, 15) is 22.4 Å². The maximum absolute atomic E-state index is 13.1. The molecule has 7 nitrogen and oxygen atoms in total. The molecule has 0 aliphatic carbocycles.